The zero-order chi connectivity index (χ0) is 14.7. The predicted octanol–water partition coefficient (Wildman–Crippen LogP) is 2.58. The van der Waals surface area contributed by atoms with Gasteiger partial charge in [0.05, 0.1) is 15.5 Å². The largest absolute Gasteiger partial charge is 0.379 e. The van der Waals surface area contributed by atoms with Gasteiger partial charge in [-0.15, -0.1) is 0 Å². The molecule has 0 atom stereocenters. The van der Waals surface area contributed by atoms with Crippen LogP contribution in [-0.2, 0) is 4.79 Å². The van der Waals surface area contributed by atoms with Crippen molar-refractivity contribution < 1.29 is 14.1 Å². The molecule has 0 heterocycles. The van der Waals surface area contributed by atoms with Gasteiger partial charge in [-0.2, -0.15) is 0 Å². The molecule has 6 nitrogen and oxygen atoms in total. The Morgan fingerprint density at radius 2 is 2.20 bits per heavy atom. The molecule has 0 saturated heterocycles. The number of nitro groups is 1. The Kier molecular flexibility index (Phi) is 4.53. The van der Waals surface area contributed by atoms with Crippen LogP contribution in [0.2, 0.25) is 0 Å². The van der Waals surface area contributed by atoms with Crippen LogP contribution in [0.5, 0.6) is 0 Å². The molecule has 2 N–H and O–H groups in total. The Hall–Kier alpha value is -1.70. The maximum Gasteiger partial charge on any atom is 0.295 e. The van der Waals surface area contributed by atoms with E-state index in [0.29, 0.717) is 0 Å². The van der Waals surface area contributed by atoms with Crippen molar-refractivity contribution in [3.05, 3.63) is 32.5 Å². The first kappa shape index (κ1) is 14.7. The Balaban J connectivity index is 1.95. The Labute approximate surface area is 123 Å². The number of anilines is 1. The fourth-order valence-corrected chi connectivity index (χ4v) is 2.01. The van der Waals surface area contributed by atoms with Gasteiger partial charge in [0, 0.05) is 19.0 Å². The smallest absolute Gasteiger partial charge is 0.295 e. The summed E-state index contributed by atoms with van der Waals surface area (Å²) in [6.45, 7) is 0.247. The van der Waals surface area contributed by atoms with Crippen LogP contribution in [0.3, 0.4) is 0 Å². The lowest BCUT2D eigenvalue weighted by atomic mass is 10.2. The number of benzene rings is 1. The van der Waals surface area contributed by atoms with Gasteiger partial charge in [-0.25, -0.2) is 4.39 Å². The molecule has 1 aromatic rings. The summed E-state index contributed by atoms with van der Waals surface area (Å²) in [7, 11) is 0. The first-order valence-electron chi connectivity index (χ1n) is 6.14. The molecule has 0 aliphatic heterocycles. The van der Waals surface area contributed by atoms with Gasteiger partial charge in [0.2, 0.25) is 5.91 Å². The van der Waals surface area contributed by atoms with E-state index in [0.717, 1.165) is 18.9 Å². The van der Waals surface area contributed by atoms with Crippen LogP contribution in [0, 0.1) is 15.9 Å². The zero-order valence-electron chi connectivity index (χ0n) is 10.5. The van der Waals surface area contributed by atoms with Gasteiger partial charge in [-0.3, -0.25) is 14.9 Å². The van der Waals surface area contributed by atoms with E-state index in [9.17, 15) is 19.3 Å². The second-order valence-corrected chi connectivity index (χ2v) is 5.41. The second kappa shape index (κ2) is 6.17. The molecule has 0 aromatic heterocycles. The summed E-state index contributed by atoms with van der Waals surface area (Å²) >= 11 is 2.97. The molecule has 0 bridgehead atoms. The van der Waals surface area contributed by atoms with Gasteiger partial charge in [0.15, 0.2) is 0 Å². The summed E-state index contributed by atoms with van der Waals surface area (Å²) in [6, 6.07) is 2.43. The Morgan fingerprint density at radius 1 is 1.50 bits per heavy atom. The van der Waals surface area contributed by atoms with Crippen LogP contribution in [0.15, 0.2) is 16.6 Å². The van der Waals surface area contributed by atoms with Crippen molar-refractivity contribution in [3.63, 3.8) is 0 Å². The standard InChI is InChI=1S/C12H13BrFN3O3/c13-8-5-10(11(17(19)20)6-9(8)14)15-4-3-12(18)16-7-1-2-7/h5-7,15H,1-4H2,(H,16,18). The van der Waals surface area contributed by atoms with Crippen molar-refractivity contribution in [2.75, 3.05) is 11.9 Å². The molecule has 1 aliphatic carbocycles. The maximum absolute atomic E-state index is 13.3. The van der Waals surface area contributed by atoms with E-state index in [4.69, 9.17) is 0 Å². The molecule has 0 radical (unpaired) electrons. The first-order valence-corrected chi connectivity index (χ1v) is 6.93. The minimum absolute atomic E-state index is 0.0937. The van der Waals surface area contributed by atoms with E-state index in [2.05, 4.69) is 26.6 Å². The highest BCUT2D eigenvalue weighted by molar-refractivity contribution is 9.10. The summed E-state index contributed by atoms with van der Waals surface area (Å²) < 4.78 is 13.4. The van der Waals surface area contributed by atoms with E-state index < -0.39 is 10.7 Å². The van der Waals surface area contributed by atoms with Crippen LogP contribution in [0.25, 0.3) is 0 Å². The number of nitro benzene ring substituents is 1. The van der Waals surface area contributed by atoms with Gasteiger partial charge >= 0.3 is 0 Å². The highest BCUT2D eigenvalue weighted by Gasteiger charge is 2.23. The lowest BCUT2D eigenvalue weighted by Gasteiger charge is -2.08. The first-order chi connectivity index (χ1) is 9.47. The van der Waals surface area contributed by atoms with Crippen LogP contribution in [0.4, 0.5) is 15.8 Å². The number of hydrogen-bond donors (Lipinski definition) is 2. The molecule has 0 spiro atoms. The minimum atomic E-state index is -0.700. The molecular weight excluding hydrogens is 333 g/mol. The third kappa shape index (κ3) is 3.89. The van der Waals surface area contributed by atoms with Crippen molar-refractivity contribution in [1.29, 1.82) is 0 Å². The summed E-state index contributed by atoms with van der Waals surface area (Å²) in [6.07, 6.45) is 2.23. The maximum atomic E-state index is 13.3. The quantitative estimate of drug-likeness (QED) is 0.613. The van der Waals surface area contributed by atoms with E-state index in [1.54, 1.807) is 0 Å². The Morgan fingerprint density at radius 3 is 2.80 bits per heavy atom. The number of nitrogens with zero attached hydrogens (tertiary/aromatic N) is 1. The van der Waals surface area contributed by atoms with Crippen LogP contribution < -0.4 is 10.6 Å². The molecule has 108 valence electrons. The summed E-state index contributed by atoms with van der Waals surface area (Å²) in [5.41, 5.74) is -0.171. The fraction of sp³-hybridized carbons (Fsp3) is 0.417. The molecule has 1 amide bonds. The molecular formula is C12H13BrFN3O3. The number of nitrogens with one attached hydrogen (secondary N) is 2. The van der Waals surface area contributed by atoms with Gasteiger partial charge in [-0.1, -0.05) is 0 Å². The number of amides is 1. The van der Waals surface area contributed by atoms with Crippen LogP contribution >= 0.6 is 15.9 Å². The van der Waals surface area contributed by atoms with Crippen molar-refractivity contribution in [3.8, 4) is 0 Å². The molecule has 2 rings (SSSR count). The molecule has 20 heavy (non-hydrogen) atoms. The van der Waals surface area contributed by atoms with E-state index in [1.165, 1.54) is 6.07 Å². The molecule has 1 saturated carbocycles. The van der Waals surface area contributed by atoms with Gasteiger partial charge in [0.1, 0.15) is 11.5 Å². The minimum Gasteiger partial charge on any atom is -0.379 e. The van der Waals surface area contributed by atoms with Gasteiger partial charge in [0.25, 0.3) is 5.69 Å². The fourth-order valence-electron chi connectivity index (χ4n) is 1.67. The average molecular weight is 346 g/mol. The summed E-state index contributed by atoms with van der Waals surface area (Å²) in [5.74, 6) is -0.794. The van der Waals surface area contributed by atoms with Crippen molar-refractivity contribution in [2.24, 2.45) is 0 Å². The Bertz CT molecular complexity index is 549. The van der Waals surface area contributed by atoms with Gasteiger partial charge in [-0.05, 0) is 34.8 Å². The average Bonchev–Trinajstić information content (AvgIpc) is 3.16. The molecule has 0 unspecified atom stereocenters. The van der Waals surface area contributed by atoms with E-state index in [-0.39, 0.29) is 40.8 Å². The van der Waals surface area contributed by atoms with Crippen LogP contribution in [0.1, 0.15) is 19.3 Å². The van der Waals surface area contributed by atoms with E-state index >= 15 is 0 Å². The number of carbonyl (C=O) groups is 1. The lowest BCUT2D eigenvalue weighted by molar-refractivity contribution is -0.384. The normalized spacial score (nSPS) is 13.9. The van der Waals surface area contributed by atoms with Gasteiger partial charge < -0.3 is 10.6 Å². The molecule has 8 heteroatoms. The third-order valence-corrected chi connectivity index (χ3v) is 3.45. The lowest BCUT2D eigenvalue weighted by Crippen LogP contribution is -2.27. The number of halogens is 2. The number of hydrogen-bond acceptors (Lipinski definition) is 4. The molecule has 1 aliphatic rings. The SMILES string of the molecule is O=C(CCNc1cc(Br)c(F)cc1[N+](=O)[O-])NC1CC1. The second-order valence-electron chi connectivity index (χ2n) is 4.56. The van der Waals surface area contributed by atoms with Crippen molar-refractivity contribution in [2.45, 2.75) is 25.3 Å². The monoisotopic (exact) mass is 345 g/mol. The third-order valence-electron chi connectivity index (χ3n) is 2.85. The van der Waals surface area contributed by atoms with E-state index in [1.807, 2.05) is 0 Å². The van der Waals surface area contributed by atoms with Crippen molar-refractivity contribution in [1.82, 2.24) is 5.32 Å². The van der Waals surface area contributed by atoms with Crippen molar-refractivity contribution >= 4 is 33.2 Å². The summed E-state index contributed by atoms with van der Waals surface area (Å²) in [4.78, 5) is 21.6. The molecule has 1 aromatic carbocycles. The number of carbonyl (C=O) groups excluding carboxylic acids is 1. The number of rotatable bonds is 6. The molecule has 1 fully saturated rings. The topological polar surface area (TPSA) is 84.3 Å². The highest BCUT2D eigenvalue weighted by atomic mass is 79.9. The highest BCUT2D eigenvalue weighted by Crippen LogP contribution is 2.30. The predicted molar refractivity (Wildman–Crippen MR) is 75.0 cm³/mol. The summed E-state index contributed by atoms with van der Waals surface area (Å²) in [5, 5.41) is 16.4. The zero-order valence-corrected chi connectivity index (χ0v) is 12.1. The van der Waals surface area contributed by atoms with Crippen LogP contribution in [-0.4, -0.2) is 23.4 Å².